The van der Waals surface area contributed by atoms with Crippen molar-refractivity contribution in [2.75, 3.05) is 19.6 Å². The van der Waals surface area contributed by atoms with Gasteiger partial charge in [-0.15, -0.1) is 0 Å². The zero-order valence-corrected chi connectivity index (χ0v) is 14.2. The Balaban J connectivity index is 1.44. The van der Waals surface area contributed by atoms with Crippen LogP contribution in [0.1, 0.15) is 27.9 Å². The maximum Gasteiger partial charge on any atom is 0.254 e. The third-order valence-electron chi connectivity index (χ3n) is 4.32. The molecule has 5 heteroatoms. The zero-order chi connectivity index (χ0) is 16.9. The van der Waals surface area contributed by atoms with Crippen LogP contribution in [-0.2, 0) is 13.0 Å². The molecule has 1 N–H and O–H groups in total. The number of carbonyl (C=O) groups is 1. The second-order valence-corrected chi connectivity index (χ2v) is 6.46. The summed E-state index contributed by atoms with van der Waals surface area (Å²) in [6.45, 7) is 3.43. The summed E-state index contributed by atoms with van der Waals surface area (Å²) >= 11 is 5.69. The zero-order valence-electron chi connectivity index (χ0n) is 13.4. The largest absolute Gasteiger partial charge is 0.352 e. The lowest BCUT2D eigenvalue weighted by Gasteiger charge is -2.28. The summed E-state index contributed by atoms with van der Waals surface area (Å²) in [5.74, 6) is -0.985. The normalized spacial score (nSPS) is 14.2. The van der Waals surface area contributed by atoms with E-state index in [2.05, 4.69) is 34.5 Å². The summed E-state index contributed by atoms with van der Waals surface area (Å²) in [5, 5.41) is 3.06. The molecule has 0 fully saturated rings. The molecule has 0 unspecified atom stereocenters. The SMILES string of the molecule is O=C(NCCCN1CCc2ccccc2C1)c1ccc(Cl)cc1F. The van der Waals surface area contributed by atoms with Crippen LogP contribution in [0.2, 0.25) is 5.02 Å². The van der Waals surface area contributed by atoms with Crippen LogP contribution < -0.4 is 5.32 Å². The number of fused-ring (bicyclic) bond motifs is 1. The highest BCUT2D eigenvalue weighted by Gasteiger charge is 2.15. The number of benzene rings is 2. The van der Waals surface area contributed by atoms with Crippen molar-refractivity contribution in [2.24, 2.45) is 0 Å². The number of amides is 1. The first-order valence-electron chi connectivity index (χ1n) is 8.16. The van der Waals surface area contributed by atoms with Gasteiger partial charge in [0.05, 0.1) is 5.56 Å². The van der Waals surface area contributed by atoms with E-state index < -0.39 is 11.7 Å². The first kappa shape index (κ1) is 16.9. The minimum atomic E-state index is -0.590. The van der Waals surface area contributed by atoms with Crippen LogP contribution in [0.5, 0.6) is 0 Å². The molecule has 1 aliphatic heterocycles. The van der Waals surface area contributed by atoms with Crippen molar-refractivity contribution >= 4 is 17.5 Å². The molecule has 0 atom stereocenters. The fraction of sp³-hybridized carbons (Fsp3) is 0.316. The summed E-state index contributed by atoms with van der Waals surface area (Å²) in [6.07, 6.45) is 1.90. The van der Waals surface area contributed by atoms with Gasteiger partial charge in [-0.25, -0.2) is 4.39 Å². The predicted octanol–water partition coefficient (Wildman–Crippen LogP) is 3.66. The third-order valence-corrected chi connectivity index (χ3v) is 4.56. The summed E-state index contributed by atoms with van der Waals surface area (Å²) in [4.78, 5) is 14.4. The summed E-state index contributed by atoms with van der Waals surface area (Å²) in [7, 11) is 0. The molecule has 2 aromatic carbocycles. The standard InChI is InChI=1S/C19H20ClFN2O/c20-16-6-7-17(18(21)12-16)19(24)22-9-3-10-23-11-8-14-4-1-2-5-15(14)13-23/h1-2,4-7,12H,3,8-11,13H2,(H,22,24). The molecule has 126 valence electrons. The Morgan fingerprint density at radius 1 is 1.21 bits per heavy atom. The Bertz CT molecular complexity index is 735. The molecule has 1 amide bonds. The lowest BCUT2D eigenvalue weighted by molar-refractivity contribution is 0.0947. The van der Waals surface area contributed by atoms with Crippen LogP contribution >= 0.6 is 11.6 Å². The lowest BCUT2D eigenvalue weighted by Crippen LogP contribution is -2.33. The molecule has 0 saturated carbocycles. The molecule has 0 spiro atoms. The van der Waals surface area contributed by atoms with Crippen LogP contribution in [0.3, 0.4) is 0 Å². The van der Waals surface area contributed by atoms with E-state index in [0.29, 0.717) is 6.54 Å². The van der Waals surface area contributed by atoms with Gasteiger partial charge in [0.1, 0.15) is 5.82 Å². The van der Waals surface area contributed by atoms with Gasteiger partial charge in [0.2, 0.25) is 0 Å². The first-order chi connectivity index (χ1) is 11.6. The molecule has 3 nitrogen and oxygen atoms in total. The van der Waals surface area contributed by atoms with Gasteiger partial charge in [-0.05, 0) is 42.2 Å². The first-order valence-corrected chi connectivity index (χ1v) is 8.53. The van der Waals surface area contributed by atoms with Crippen molar-refractivity contribution in [3.63, 3.8) is 0 Å². The number of nitrogens with one attached hydrogen (secondary N) is 1. The fourth-order valence-corrected chi connectivity index (χ4v) is 3.18. The number of nitrogens with zero attached hydrogens (tertiary/aromatic N) is 1. The van der Waals surface area contributed by atoms with E-state index in [0.717, 1.165) is 38.5 Å². The number of rotatable bonds is 5. The van der Waals surface area contributed by atoms with Gasteiger partial charge >= 0.3 is 0 Å². The van der Waals surface area contributed by atoms with Crippen LogP contribution in [0.4, 0.5) is 4.39 Å². The number of hydrogen-bond acceptors (Lipinski definition) is 2. The Kier molecular flexibility index (Phi) is 5.48. The summed E-state index contributed by atoms with van der Waals surface area (Å²) in [6, 6.07) is 12.6. The molecule has 3 rings (SSSR count). The van der Waals surface area contributed by atoms with Crippen molar-refractivity contribution < 1.29 is 9.18 Å². The van der Waals surface area contributed by atoms with Gasteiger partial charge in [0.15, 0.2) is 0 Å². The van der Waals surface area contributed by atoms with Gasteiger partial charge in [-0.2, -0.15) is 0 Å². The van der Waals surface area contributed by atoms with E-state index in [1.807, 2.05) is 0 Å². The fourth-order valence-electron chi connectivity index (χ4n) is 3.02. The lowest BCUT2D eigenvalue weighted by atomic mass is 10.00. The second kappa shape index (κ2) is 7.77. The van der Waals surface area contributed by atoms with Crippen LogP contribution in [0, 0.1) is 5.82 Å². The van der Waals surface area contributed by atoms with Crippen molar-refractivity contribution in [3.8, 4) is 0 Å². The quantitative estimate of drug-likeness (QED) is 0.838. The van der Waals surface area contributed by atoms with Crippen molar-refractivity contribution in [3.05, 3.63) is 70.0 Å². The Hall–Kier alpha value is -1.91. The Labute approximate surface area is 146 Å². The molecule has 0 aromatic heterocycles. The van der Waals surface area contributed by atoms with Crippen molar-refractivity contribution in [2.45, 2.75) is 19.4 Å². The maximum absolute atomic E-state index is 13.7. The average molecular weight is 347 g/mol. The Morgan fingerprint density at radius 3 is 2.79 bits per heavy atom. The molecule has 2 aromatic rings. The molecule has 24 heavy (non-hydrogen) atoms. The van der Waals surface area contributed by atoms with Crippen LogP contribution in [0.25, 0.3) is 0 Å². The maximum atomic E-state index is 13.7. The minimum absolute atomic E-state index is 0.0336. The number of carbonyl (C=O) groups excluding carboxylic acids is 1. The highest BCUT2D eigenvalue weighted by atomic mass is 35.5. The van der Waals surface area contributed by atoms with E-state index in [1.54, 1.807) is 0 Å². The van der Waals surface area contributed by atoms with E-state index >= 15 is 0 Å². The molecular formula is C19H20ClFN2O. The van der Waals surface area contributed by atoms with Crippen LogP contribution in [0.15, 0.2) is 42.5 Å². The second-order valence-electron chi connectivity index (χ2n) is 6.03. The van der Waals surface area contributed by atoms with Gasteiger partial charge in [-0.3, -0.25) is 9.69 Å². The van der Waals surface area contributed by atoms with Gasteiger partial charge < -0.3 is 5.32 Å². The molecule has 0 radical (unpaired) electrons. The van der Waals surface area contributed by atoms with E-state index in [4.69, 9.17) is 11.6 Å². The molecule has 0 aliphatic carbocycles. The highest BCUT2D eigenvalue weighted by Crippen LogP contribution is 2.18. The smallest absolute Gasteiger partial charge is 0.254 e. The average Bonchev–Trinajstić information content (AvgIpc) is 2.58. The van der Waals surface area contributed by atoms with Crippen molar-refractivity contribution in [1.82, 2.24) is 10.2 Å². The molecular weight excluding hydrogens is 327 g/mol. The highest BCUT2D eigenvalue weighted by molar-refractivity contribution is 6.30. The van der Waals surface area contributed by atoms with Crippen LogP contribution in [-0.4, -0.2) is 30.4 Å². The van der Waals surface area contributed by atoms with Gasteiger partial charge in [0.25, 0.3) is 5.91 Å². The molecule has 0 saturated heterocycles. The summed E-state index contributed by atoms with van der Waals surface area (Å²) < 4.78 is 13.7. The van der Waals surface area contributed by atoms with Crippen molar-refractivity contribution in [1.29, 1.82) is 0 Å². The monoisotopic (exact) mass is 346 g/mol. The summed E-state index contributed by atoms with van der Waals surface area (Å²) in [5.41, 5.74) is 2.85. The van der Waals surface area contributed by atoms with Gasteiger partial charge in [0, 0.05) is 31.2 Å². The van der Waals surface area contributed by atoms with E-state index in [9.17, 15) is 9.18 Å². The van der Waals surface area contributed by atoms with Gasteiger partial charge in [-0.1, -0.05) is 35.9 Å². The number of hydrogen-bond donors (Lipinski definition) is 1. The Morgan fingerprint density at radius 2 is 2.00 bits per heavy atom. The minimum Gasteiger partial charge on any atom is -0.352 e. The number of halogens is 2. The predicted molar refractivity (Wildman–Crippen MR) is 93.8 cm³/mol. The molecule has 0 bridgehead atoms. The molecule has 1 heterocycles. The molecule has 1 aliphatic rings. The van der Waals surface area contributed by atoms with E-state index in [1.165, 1.54) is 23.3 Å². The topological polar surface area (TPSA) is 32.3 Å². The third kappa shape index (κ3) is 4.13. The van der Waals surface area contributed by atoms with E-state index in [-0.39, 0.29) is 10.6 Å².